The Morgan fingerprint density at radius 1 is 1.31 bits per heavy atom. The third kappa shape index (κ3) is 3.45. The topological polar surface area (TPSA) is 52.9 Å². The fourth-order valence-corrected chi connectivity index (χ4v) is 1.81. The average molecular weight is 180 g/mol. The van der Waals surface area contributed by atoms with Crippen molar-refractivity contribution in [2.24, 2.45) is 5.92 Å². The Morgan fingerprint density at radius 3 is 2.46 bits per heavy atom. The van der Waals surface area contributed by atoms with E-state index >= 15 is 0 Å². The number of nitrogens with one attached hydrogen (secondary N) is 1. The summed E-state index contributed by atoms with van der Waals surface area (Å²) in [4.78, 5) is 11.4. The summed E-state index contributed by atoms with van der Waals surface area (Å²) in [6.45, 7) is 0.148. The zero-order valence-corrected chi connectivity index (χ0v) is 7.88. The molecule has 0 atom stereocenters. The van der Waals surface area contributed by atoms with E-state index in [1.54, 1.807) is 0 Å². The second-order valence-electron chi connectivity index (χ2n) is 3.56. The number of carbonyl (C=O) groups excluding carboxylic acids is 1. The largest absolute Gasteiger partial charge is 0.343 e. The van der Waals surface area contributed by atoms with Crippen LogP contribution in [0.3, 0.4) is 0 Å². The predicted octanol–water partition coefficient (Wildman–Crippen LogP) is 1.60. The quantitative estimate of drug-likeness (QED) is 0.518. The van der Waals surface area contributed by atoms with Crippen molar-refractivity contribution < 1.29 is 4.79 Å². The molecule has 3 nitrogen and oxygen atoms in total. The zero-order valence-electron chi connectivity index (χ0n) is 7.88. The van der Waals surface area contributed by atoms with Crippen LogP contribution in [0.1, 0.15) is 38.5 Å². The number of nitriles is 1. The van der Waals surface area contributed by atoms with E-state index in [1.807, 2.05) is 6.07 Å². The molecule has 0 unspecified atom stereocenters. The minimum absolute atomic E-state index is 0.0726. The van der Waals surface area contributed by atoms with E-state index in [0.29, 0.717) is 0 Å². The number of rotatable bonds is 2. The summed E-state index contributed by atoms with van der Waals surface area (Å²) in [5.41, 5.74) is 0. The third-order valence-electron chi connectivity index (χ3n) is 2.57. The normalized spacial score (nSPS) is 18.7. The van der Waals surface area contributed by atoms with Crippen molar-refractivity contribution in [2.45, 2.75) is 38.5 Å². The summed E-state index contributed by atoms with van der Waals surface area (Å²) < 4.78 is 0. The highest BCUT2D eigenvalue weighted by Crippen LogP contribution is 2.22. The molecule has 1 fully saturated rings. The van der Waals surface area contributed by atoms with Crippen LogP contribution in [0, 0.1) is 17.2 Å². The number of carbonyl (C=O) groups is 1. The van der Waals surface area contributed by atoms with Gasteiger partial charge in [0.15, 0.2) is 0 Å². The zero-order chi connectivity index (χ0) is 9.52. The van der Waals surface area contributed by atoms with E-state index in [-0.39, 0.29) is 18.4 Å². The lowest BCUT2D eigenvalue weighted by molar-refractivity contribution is -0.125. The molecule has 1 rings (SSSR count). The van der Waals surface area contributed by atoms with Gasteiger partial charge in [-0.1, -0.05) is 25.7 Å². The number of hydrogen-bond donors (Lipinski definition) is 1. The summed E-state index contributed by atoms with van der Waals surface area (Å²) >= 11 is 0. The van der Waals surface area contributed by atoms with Gasteiger partial charge in [-0.25, -0.2) is 0 Å². The van der Waals surface area contributed by atoms with Crippen LogP contribution in [-0.4, -0.2) is 12.5 Å². The highest BCUT2D eigenvalue weighted by Gasteiger charge is 2.18. The van der Waals surface area contributed by atoms with Gasteiger partial charge in [-0.05, 0) is 12.8 Å². The van der Waals surface area contributed by atoms with Crippen molar-refractivity contribution >= 4 is 5.91 Å². The molecule has 0 aliphatic heterocycles. The Balaban J connectivity index is 2.31. The minimum atomic E-state index is 0.0726. The first kappa shape index (κ1) is 10.0. The van der Waals surface area contributed by atoms with Crippen LogP contribution >= 0.6 is 0 Å². The van der Waals surface area contributed by atoms with Crippen LogP contribution in [0.15, 0.2) is 0 Å². The molecule has 1 N–H and O–H groups in total. The monoisotopic (exact) mass is 180 g/mol. The fourth-order valence-electron chi connectivity index (χ4n) is 1.81. The molecule has 0 aromatic carbocycles. The predicted molar refractivity (Wildman–Crippen MR) is 49.8 cm³/mol. The van der Waals surface area contributed by atoms with Gasteiger partial charge in [0, 0.05) is 5.92 Å². The molecule has 13 heavy (non-hydrogen) atoms. The molecule has 1 saturated carbocycles. The highest BCUT2D eigenvalue weighted by molar-refractivity contribution is 5.78. The van der Waals surface area contributed by atoms with Gasteiger partial charge in [0.1, 0.15) is 6.54 Å². The molecule has 3 heteroatoms. The van der Waals surface area contributed by atoms with Crippen LogP contribution < -0.4 is 5.32 Å². The van der Waals surface area contributed by atoms with Gasteiger partial charge in [-0.2, -0.15) is 5.26 Å². The summed E-state index contributed by atoms with van der Waals surface area (Å²) in [7, 11) is 0. The Morgan fingerprint density at radius 2 is 1.92 bits per heavy atom. The minimum Gasteiger partial charge on any atom is -0.343 e. The molecular formula is C10H16N2O. The molecule has 0 spiro atoms. The van der Waals surface area contributed by atoms with Gasteiger partial charge >= 0.3 is 0 Å². The molecule has 1 amide bonds. The van der Waals surface area contributed by atoms with Gasteiger partial charge < -0.3 is 5.32 Å². The van der Waals surface area contributed by atoms with Crippen LogP contribution in [0.2, 0.25) is 0 Å². The van der Waals surface area contributed by atoms with Crippen molar-refractivity contribution in [3.05, 3.63) is 0 Å². The van der Waals surface area contributed by atoms with E-state index in [1.165, 1.54) is 12.8 Å². The van der Waals surface area contributed by atoms with Crippen LogP contribution in [0.4, 0.5) is 0 Å². The first-order chi connectivity index (χ1) is 6.34. The molecule has 0 aromatic rings. The van der Waals surface area contributed by atoms with Crippen LogP contribution in [0.25, 0.3) is 0 Å². The Hall–Kier alpha value is -1.04. The molecule has 1 aliphatic rings. The maximum atomic E-state index is 11.4. The molecule has 1 aliphatic carbocycles. The second-order valence-corrected chi connectivity index (χ2v) is 3.56. The summed E-state index contributed by atoms with van der Waals surface area (Å²) in [6.07, 6.45) is 6.81. The van der Waals surface area contributed by atoms with Crippen LogP contribution in [-0.2, 0) is 4.79 Å². The van der Waals surface area contributed by atoms with Crippen molar-refractivity contribution in [1.82, 2.24) is 5.32 Å². The lowest BCUT2D eigenvalue weighted by Gasteiger charge is -2.11. The highest BCUT2D eigenvalue weighted by atomic mass is 16.1. The molecule has 0 saturated heterocycles. The van der Waals surface area contributed by atoms with E-state index in [9.17, 15) is 4.79 Å². The van der Waals surface area contributed by atoms with E-state index in [4.69, 9.17) is 5.26 Å². The van der Waals surface area contributed by atoms with Crippen molar-refractivity contribution in [1.29, 1.82) is 5.26 Å². The number of hydrogen-bond acceptors (Lipinski definition) is 2. The fraction of sp³-hybridized carbons (Fsp3) is 0.800. The molecule has 0 bridgehead atoms. The van der Waals surface area contributed by atoms with Gasteiger partial charge in [-0.15, -0.1) is 0 Å². The van der Waals surface area contributed by atoms with Gasteiger partial charge in [-0.3, -0.25) is 4.79 Å². The summed E-state index contributed by atoms with van der Waals surface area (Å²) in [6, 6.07) is 1.92. The lowest BCUT2D eigenvalue weighted by Crippen LogP contribution is -2.30. The summed E-state index contributed by atoms with van der Waals surface area (Å²) in [5.74, 6) is 0.235. The van der Waals surface area contributed by atoms with Gasteiger partial charge in [0.05, 0.1) is 6.07 Å². The van der Waals surface area contributed by atoms with Gasteiger partial charge in [0.25, 0.3) is 0 Å². The Bertz CT molecular complexity index is 199. The van der Waals surface area contributed by atoms with Crippen LogP contribution in [0.5, 0.6) is 0 Å². The lowest BCUT2D eigenvalue weighted by atomic mass is 10.00. The summed E-state index contributed by atoms with van der Waals surface area (Å²) in [5, 5.41) is 10.9. The Kier molecular flexibility index (Phi) is 4.31. The Labute approximate surface area is 79.1 Å². The maximum Gasteiger partial charge on any atom is 0.223 e. The van der Waals surface area contributed by atoms with E-state index in [2.05, 4.69) is 5.32 Å². The standard InChI is InChI=1S/C10H16N2O/c11-7-8-12-10(13)9-5-3-1-2-4-6-9/h9H,1-6,8H2,(H,12,13). The average Bonchev–Trinajstić information content (AvgIpc) is 2.42. The molecule has 0 heterocycles. The van der Waals surface area contributed by atoms with Crippen molar-refractivity contribution in [3.63, 3.8) is 0 Å². The molecule has 0 radical (unpaired) electrons. The first-order valence-electron chi connectivity index (χ1n) is 4.99. The number of amides is 1. The van der Waals surface area contributed by atoms with Crippen molar-refractivity contribution in [3.8, 4) is 6.07 Å². The van der Waals surface area contributed by atoms with Crippen molar-refractivity contribution in [2.75, 3.05) is 6.54 Å². The number of nitrogens with zero attached hydrogens (tertiary/aromatic N) is 1. The molecular weight excluding hydrogens is 164 g/mol. The molecule has 0 aromatic heterocycles. The maximum absolute atomic E-state index is 11.4. The van der Waals surface area contributed by atoms with Gasteiger partial charge in [0.2, 0.25) is 5.91 Å². The van der Waals surface area contributed by atoms with E-state index in [0.717, 1.165) is 25.7 Å². The van der Waals surface area contributed by atoms with E-state index < -0.39 is 0 Å². The first-order valence-corrected chi connectivity index (χ1v) is 4.99. The third-order valence-corrected chi connectivity index (χ3v) is 2.57. The molecule has 72 valence electrons. The second kappa shape index (κ2) is 5.58. The smallest absolute Gasteiger partial charge is 0.223 e. The SMILES string of the molecule is N#CCNC(=O)C1CCCCCC1.